The van der Waals surface area contributed by atoms with Crippen LogP contribution in [0.1, 0.15) is 40.3 Å². The summed E-state index contributed by atoms with van der Waals surface area (Å²) >= 11 is 1.91. The summed E-state index contributed by atoms with van der Waals surface area (Å²) in [5, 5.41) is 8.57. The van der Waals surface area contributed by atoms with Gasteiger partial charge in [0.15, 0.2) is 0 Å². The van der Waals surface area contributed by atoms with Crippen LogP contribution in [0.15, 0.2) is 16.5 Å². The standard InChI is InChI=1S/C18H23N3O2S/c1-12-2-5-15(24-12)8-21-7-14-9-22-11-18(14,10-21)6-16-19-20-17(23-16)13-3-4-13/h2,5,13-14H,3-4,6-11H2,1H3/t14-,18+/m0/s1. The summed E-state index contributed by atoms with van der Waals surface area (Å²) in [5.74, 6) is 2.76. The fourth-order valence-corrected chi connectivity index (χ4v) is 5.17. The molecule has 2 aromatic rings. The van der Waals surface area contributed by atoms with Crippen LogP contribution in [0.2, 0.25) is 0 Å². The van der Waals surface area contributed by atoms with Crippen LogP contribution in [-0.4, -0.2) is 41.4 Å². The second-order valence-electron chi connectivity index (χ2n) is 7.74. The van der Waals surface area contributed by atoms with E-state index in [1.807, 2.05) is 11.3 Å². The summed E-state index contributed by atoms with van der Waals surface area (Å²) < 4.78 is 11.8. The van der Waals surface area contributed by atoms with Crippen molar-refractivity contribution in [3.8, 4) is 0 Å². The Labute approximate surface area is 146 Å². The average Bonchev–Trinajstić information content (AvgIpc) is 2.85. The van der Waals surface area contributed by atoms with Crippen molar-refractivity contribution in [1.82, 2.24) is 15.1 Å². The Morgan fingerprint density at radius 1 is 1.33 bits per heavy atom. The molecular weight excluding hydrogens is 322 g/mol. The highest BCUT2D eigenvalue weighted by molar-refractivity contribution is 7.11. The van der Waals surface area contributed by atoms with Gasteiger partial charge in [-0.2, -0.15) is 0 Å². The number of aryl methyl sites for hydroxylation is 1. The molecule has 2 saturated heterocycles. The van der Waals surface area contributed by atoms with E-state index in [-0.39, 0.29) is 5.41 Å². The number of ether oxygens (including phenoxy) is 1. The molecule has 2 aromatic heterocycles. The third-order valence-electron chi connectivity index (χ3n) is 5.68. The lowest BCUT2D eigenvalue weighted by molar-refractivity contribution is 0.123. The summed E-state index contributed by atoms with van der Waals surface area (Å²) in [7, 11) is 0. The molecule has 3 aliphatic rings. The molecule has 1 saturated carbocycles. The van der Waals surface area contributed by atoms with Gasteiger partial charge in [-0.05, 0) is 31.9 Å². The van der Waals surface area contributed by atoms with Crippen LogP contribution in [0.25, 0.3) is 0 Å². The lowest BCUT2D eigenvalue weighted by atomic mass is 9.78. The number of hydrogen-bond donors (Lipinski definition) is 0. The van der Waals surface area contributed by atoms with Crippen molar-refractivity contribution in [3.05, 3.63) is 33.7 Å². The zero-order chi connectivity index (χ0) is 16.1. The minimum atomic E-state index is 0.152. The van der Waals surface area contributed by atoms with Gasteiger partial charge in [-0.1, -0.05) is 0 Å². The average molecular weight is 345 g/mol. The third kappa shape index (κ3) is 2.70. The normalized spacial score (nSPS) is 30.1. The van der Waals surface area contributed by atoms with Crippen LogP contribution in [0.4, 0.5) is 0 Å². The van der Waals surface area contributed by atoms with Gasteiger partial charge in [0, 0.05) is 53.1 Å². The minimum Gasteiger partial charge on any atom is -0.425 e. The largest absolute Gasteiger partial charge is 0.425 e. The molecule has 2 aliphatic heterocycles. The number of likely N-dealkylation sites (tertiary alicyclic amines) is 1. The lowest BCUT2D eigenvalue weighted by Gasteiger charge is -2.25. The maximum Gasteiger partial charge on any atom is 0.219 e. The first-order chi connectivity index (χ1) is 11.7. The van der Waals surface area contributed by atoms with E-state index < -0.39 is 0 Å². The van der Waals surface area contributed by atoms with Gasteiger partial charge in [0.1, 0.15) is 0 Å². The third-order valence-corrected chi connectivity index (χ3v) is 6.66. The highest BCUT2D eigenvalue weighted by atomic mass is 32.1. The minimum absolute atomic E-state index is 0.152. The molecule has 0 unspecified atom stereocenters. The summed E-state index contributed by atoms with van der Waals surface area (Å²) in [4.78, 5) is 5.43. The van der Waals surface area contributed by atoms with Crippen LogP contribution in [-0.2, 0) is 17.7 Å². The van der Waals surface area contributed by atoms with Crippen molar-refractivity contribution in [2.75, 3.05) is 26.3 Å². The summed E-state index contributed by atoms with van der Waals surface area (Å²) in [5.41, 5.74) is 0.152. The maximum absolute atomic E-state index is 5.94. The van der Waals surface area contributed by atoms with E-state index in [0.29, 0.717) is 11.8 Å². The Balaban J connectivity index is 1.31. The van der Waals surface area contributed by atoms with E-state index in [2.05, 4.69) is 34.2 Å². The van der Waals surface area contributed by atoms with Crippen LogP contribution in [0.5, 0.6) is 0 Å². The van der Waals surface area contributed by atoms with Gasteiger partial charge in [0.2, 0.25) is 11.8 Å². The quantitative estimate of drug-likeness (QED) is 0.834. The van der Waals surface area contributed by atoms with Crippen molar-refractivity contribution in [1.29, 1.82) is 0 Å². The zero-order valence-electron chi connectivity index (χ0n) is 14.0. The molecule has 0 bridgehead atoms. The predicted octanol–water partition coefficient (Wildman–Crippen LogP) is 3.01. The smallest absolute Gasteiger partial charge is 0.219 e. The number of hydrogen-bond acceptors (Lipinski definition) is 6. The molecular formula is C18H23N3O2S. The van der Waals surface area contributed by atoms with Gasteiger partial charge in [0.05, 0.1) is 13.2 Å². The van der Waals surface area contributed by atoms with Gasteiger partial charge in [-0.3, -0.25) is 4.90 Å². The van der Waals surface area contributed by atoms with Crippen LogP contribution < -0.4 is 0 Å². The first kappa shape index (κ1) is 15.0. The SMILES string of the molecule is Cc1ccc(CN2C[C@H]3COC[C@@]3(Cc3nnc(C4CC4)o3)C2)s1. The van der Waals surface area contributed by atoms with Crippen molar-refractivity contribution in [2.45, 2.75) is 38.6 Å². The Kier molecular flexibility index (Phi) is 3.54. The Hall–Kier alpha value is -1.24. The number of aromatic nitrogens is 2. The first-order valence-corrected chi connectivity index (χ1v) is 9.70. The van der Waals surface area contributed by atoms with Crippen molar-refractivity contribution < 1.29 is 9.15 Å². The van der Waals surface area contributed by atoms with Crippen LogP contribution in [0.3, 0.4) is 0 Å². The molecule has 128 valence electrons. The molecule has 0 aromatic carbocycles. The number of nitrogens with zero attached hydrogens (tertiary/aromatic N) is 3. The fraction of sp³-hybridized carbons (Fsp3) is 0.667. The van der Waals surface area contributed by atoms with E-state index in [4.69, 9.17) is 9.15 Å². The molecule has 2 atom stereocenters. The molecule has 1 aliphatic carbocycles. The Morgan fingerprint density at radius 3 is 3.04 bits per heavy atom. The molecule has 0 spiro atoms. The molecule has 0 amide bonds. The molecule has 0 radical (unpaired) electrons. The van der Waals surface area contributed by atoms with Gasteiger partial charge in [-0.15, -0.1) is 21.5 Å². The summed E-state index contributed by atoms with van der Waals surface area (Å²) in [6.07, 6.45) is 3.26. The van der Waals surface area contributed by atoms with Gasteiger partial charge in [-0.25, -0.2) is 0 Å². The van der Waals surface area contributed by atoms with Gasteiger partial charge >= 0.3 is 0 Å². The van der Waals surface area contributed by atoms with Crippen molar-refractivity contribution in [2.24, 2.45) is 11.3 Å². The number of fused-ring (bicyclic) bond motifs is 1. The first-order valence-electron chi connectivity index (χ1n) is 8.88. The lowest BCUT2D eigenvalue weighted by Crippen LogP contribution is -2.33. The van der Waals surface area contributed by atoms with E-state index in [1.54, 1.807) is 0 Å². The topological polar surface area (TPSA) is 51.4 Å². The Morgan fingerprint density at radius 2 is 2.25 bits per heavy atom. The molecule has 6 heteroatoms. The van der Waals surface area contributed by atoms with Gasteiger partial charge < -0.3 is 9.15 Å². The maximum atomic E-state index is 5.94. The van der Waals surface area contributed by atoms with E-state index >= 15 is 0 Å². The van der Waals surface area contributed by atoms with Crippen LogP contribution in [0, 0.1) is 18.3 Å². The molecule has 5 rings (SSSR count). The highest BCUT2D eigenvalue weighted by Gasteiger charge is 2.51. The highest BCUT2D eigenvalue weighted by Crippen LogP contribution is 2.45. The Bertz CT molecular complexity index is 738. The second kappa shape index (κ2) is 5.64. The summed E-state index contributed by atoms with van der Waals surface area (Å²) in [6, 6.07) is 4.48. The molecule has 0 N–H and O–H groups in total. The molecule has 4 heterocycles. The number of thiophene rings is 1. The van der Waals surface area contributed by atoms with Crippen LogP contribution >= 0.6 is 11.3 Å². The zero-order valence-corrected chi connectivity index (χ0v) is 14.8. The molecule has 5 nitrogen and oxygen atoms in total. The van der Waals surface area contributed by atoms with E-state index in [1.165, 1.54) is 22.6 Å². The molecule has 3 fully saturated rings. The molecule has 24 heavy (non-hydrogen) atoms. The summed E-state index contributed by atoms with van der Waals surface area (Å²) in [6.45, 7) is 7.09. The predicted molar refractivity (Wildman–Crippen MR) is 91.1 cm³/mol. The fourth-order valence-electron chi connectivity index (χ4n) is 4.24. The second-order valence-corrected chi connectivity index (χ2v) is 9.11. The van der Waals surface area contributed by atoms with Gasteiger partial charge in [0.25, 0.3) is 0 Å². The monoisotopic (exact) mass is 345 g/mol. The van der Waals surface area contributed by atoms with Crippen molar-refractivity contribution in [3.63, 3.8) is 0 Å². The van der Waals surface area contributed by atoms with E-state index in [9.17, 15) is 0 Å². The van der Waals surface area contributed by atoms with Crippen molar-refractivity contribution >= 4 is 11.3 Å². The number of rotatable bonds is 5. The van der Waals surface area contributed by atoms with E-state index in [0.717, 1.165) is 51.1 Å².